The first-order chi connectivity index (χ1) is 9.98. The van der Waals surface area contributed by atoms with Crippen LogP contribution in [0.25, 0.3) is 0 Å². The van der Waals surface area contributed by atoms with Crippen LogP contribution in [0.2, 0.25) is 0 Å². The Kier molecular flexibility index (Phi) is 5.59. The van der Waals surface area contributed by atoms with Gasteiger partial charge in [-0.1, -0.05) is 27.7 Å². The summed E-state index contributed by atoms with van der Waals surface area (Å²) in [5.41, 5.74) is 1.65. The van der Waals surface area contributed by atoms with Gasteiger partial charge in [0.2, 0.25) is 0 Å². The molecule has 0 saturated carbocycles. The number of hydrogen-bond acceptors (Lipinski definition) is 4. The van der Waals surface area contributed by atoms with E-state index in [4.69, 9.17) is 0 Å². The minimum Gasteiger partial charge on any atom is -0.354 e. The van der Waals surface area contributed by atoms with Crippen LogP contribution in [0.3, 0.4) is 0 Å². The number of piperazine rings is 1. The number of aromatic nitrogens is 1. The number of rotatable bonds is 5. The fraction of sp³-hybridized carbons (Fsp3) is 0.706. The number of hydrogen-bond donors (Lipinski definition) is 1. The molecule has 1 aromatic heterocycles. The van der Waals surface area contributed by atoms with E-state index in [1.165, 1.54) is 5.56 Å². The van der Waals surface area contributed by atoms with Gasteiger partial charge in [0.1, 0.15) is 5.82 Å². The molecule has 1 fully saturated rings. The first-order valence-corrected chi connectivity index (χ1v) is 8.11. The smallest absolute Gasteiger partial charge is 0.128 e. The summed E-state index contributed by atoms with van der Waals surface area (Å²) < 4.78 is 0. The summed E-state index contributed by atoms with van der Waals surface area (Å²) in [4.78, 5) is 9.44. The second-order valence-electron chi connectivity index (χ2n) is 7.11. The third-order valence-corrected chi connectivity index (χ3v) is 3.94. The monoisotopic (exact) mass is 290 g/mol. The molecule has 21 heavy (non-hydrogen) atoms. The Bertz CT molecular complexity index is 431. The van der Waals surface area contributed by atoms with Crippen molar-refractivity contribution in [2.24, 2.45) is 5.41 Å². The summed E-state index contributed by atoms with van der Waals surface area (Å²) in [6.07, 6.45) is 1.94. The number of nitrogens with zero attached hydrogens (tertiary/aromatic N) is 3. The highest BCUT2D eigenvalue weighted by Crippen LogP contribution is 2.16. The highest BCUT2D eigenvalue weighted by Gasteiger charge is 2.17. The summed E-state index contributed by atoms with van der Waals surface area (Å²) in [6.45, 7) is 16.5. The van der Waals surface area contributed by atoms with Crippen molar-refractivity contribution in [3.63, 3.8) is 0 Å². The van der Waals surface area contributed by atoms with E-state index in [1.807, 2.05) is 6.20 Å². The molecule has 2 rings (SSSR count). The number of likely N-dealkylation sites (N-methyl/N-ethyl adjacent to an activating group) is 1. The highest BCUT2D eigenvalue weighted by molar-refractivity contribution is 5.41. The lowest BCUT2D eigenvalue weighted by molar-refractivity contribution is 0.270. The first-order valence-electron chi connectivity index (χ1n) is 8.11. The SMILES string of the molecule is CCN1CCN(c2cc(CNCC(C)(C)C)ccn2)CC1. The van der Waals surface area contributed by atoms with Crippen LogP contribution in [0.1, 0.15) is 33.3 Å². The van der Waals surface area contributed by atoms with Crippen LogP contribution < -0.4 is 10.2 Å². The largest absolute Gasteiger partial charge is 0.354 e. The molecule has 1 aromatic rings. The van der Waals surface area contributed by atoms with Gasteiger partial charge in [-0.15, -0.1) is 0 Å². The Labute approximate surface area is 129 Å². The van der Waals surface area contributed by atoms with Crippen LogP contribution in [0, 0.1) is 5.41 Å². The zero-order valence-corrected chi connectivity index (χ0v) is 14.0. The maximum absolute atomic E-state index is 4.55. The van der Waals surface area contributed by atoms with Crippen molar-refractivity contribution in [1.29, 1.82) is 0 Å². The number of pyridine rings is 1. The molecule has 118 valence electrons. The van der Waals surface area contributed by atoms with Gasteiger partial charge in [-0.25, -0.2) is 4.98 Å². The molecule has 2 heterocycles. The van der Waals surface area contributed by atoms with Gasteiger partial charge >= 0.3 is 0 Å². The van der Waals surface area contributed by atoms with Crippen LogP contribution in [0.4, 0.5) is 5.82 Å². The average molecular weight is 290 g/mol. The summed E-state index contributed by atoms with van der Waals surface area (Å²) in [6, 6.07) is 4.35. The van der Waals surface area contributed by atoms with Crippen LogP contribution >= 0.6 is 0 Å². The fourth-order valence-corrected chi connectivity index (χ4v) is 2.62. The minimum atomic E-state index is 0.326. The standard InChI is InChI=1S/C17H30N4/c1-5-20-8-10-21(11-9-20)16-12-15(6-7-19-16)13-18-14-17(2,3)4/h6-7,12,18H,5,8-11,13-14H2,1-4H3. The van der Waals surface area contributed by atoms with E-state index in [9.17, 15) is 0 Å². The van der Waals surface area contributed by atoms with Crippen molar-refractivity contribution in [3.05, 3.63) is 23.9 Å². The van der Waals surface area contributed by atoms with E-state index in [2.05, 4.69) is 59.9 Å². The van der Waals surface area contributed by atoms with E-state index in [-0.39, 0.29) is 0 Å². The van der Waals surface area contributed by atoms with Crippen LogP contribution in [0.5, 0.6) is 0 Å². The van der Waals surface area contributed by atoms with E-state index < -0.39 is 0 Å². The minimum absolute atomic E-state index is 0.326. The van der Waals surface area contributed by atoms with Gasteiger partial charge in [0.15, 0.2) is 0 Å². The van der Waals surface area contributed by atoms with Crippen molar-refractivity contribution < 1.29 is 0 Å². The Hall–Kier alpha value is -1.13. The average Bonchev–Trinajstić information content (AvgIpc) is 2.46. The topological polar surface area (TPSA) is 31.4 Å². The van der Waals surface area contributed by atoms with Crippen LogP contribution in [0.15, 0.2) is 18.3 Å². The van der Waals surface area contributed by atoms with Gasteiger partial charge in [0, 0.05) is 45.5 Å². The molecule has 0 atom stereocenters. The molecule has 0 aromatic carbocycles. The molecule has 0 spiro atoms. The van der Waals surface area contributed by atoms with Crippen LogP contribution in [-0.4, -0.2) is 49.2 Å². The summed E-state index contributed by atoms with van der Waals surface area (Å²) in [5, 5.41) is 3.53. The van der Waals surface area contributed by atoms with E-state index in [0.29, 0.717) is 5.41 Å². The van der Waals surface area contributed by atoms with Gasteiger partial charge in [-0.3, -0.25) is 0 Å². The zero-order chi connectivity index (χ0) is 15.3. The molecule has 0 amide bonds. The first kappa shape index (κ1) is 16.2. The van der Waals surface area contributed by atoms with Crippen molar-refractivity contribution in [2.45, 2.75) is 34.2 Å². The number of anilines is 1. The highest BCUT2D eigenvalue weighted by atomic mass is 15.3. The fourth-order valence-electron chi connectivity index (χ4n) is 2.62. The van der Waals surface area contributed by atoms with Gasteiger partial charge in [0.25, 0.3) is 0 Å². The lowest BCUT2D eigenvalue weighted by atomic mass is 9.97. The maximum atomic E-state index is 4.55. The Morgan fingerprint density at radius 3 is 2.52 bits per heavy atom. The van der Waals surface area contributed by atoms with Crippen LogP contribution in [-0.2, 0) is 6.54 Å². The van der Waals surface area contributed by atoms with E-state index in [0.717, 1.165) is 51.6 Å². The van der Waals surface area contributed by atoms with E-state index in [1.54, 1.807) is 0 Å². The summed E-state index contributed by atoms with van der Waals surface area (Å²) >= 11 is 0. The zero-order valence-electron chi connectivity index (χ0n) is 14.0. The van der Waals surface area contributed by atoms with Gasteiger partial charge in [-0.2, -0.15) is 0 Å². The Balaban J connectivity index is 1.89. The molecule has 0 unspecified atom stereocenters. The van der Waals surface area contributed by atoms with Crippen molar-refractivity contribution in [1.82, 2.24) is 15.2 Å². The summed E-state index contributed by atoms with van der Waals surface area (Å²) in [7, 11) is 0. The molecule has 4 nitrogen and oxygen atoms in total. The normalized spacial score (nSPS) is 17.2. The molecule has 1 saturated heterocycles. The van der Waals surface area contributed by atoms with Gasteiger partial charge < -0.3 is 15.1 Å². The molecule has 0 bridgehead atoms. The van der Waals surface area contributed by atoms with Gasteiger partial charge in [-0.05, 0) is 29.7 Å². The second kappa shape index (κ2) is 7.23. The predicted octanol–water partition coefficient (Wildman–Crippen LogP) is 2.36. The molecule has 0 aliphatic carbocycles. The molecule has 1 N–H and O–H groups in total. The van der Waals surface area contributed by atoms with Gasteiger partial charge in [0.05, 0.1) is 0 Å². The Morgan fingerprint density at radius 1 is 1.19 bits per heavy atom. The molecule has 1 aliphatic rings. The predicted molar refractivity (Wildman–Crippen MR) is 89.7 cm³/mol. The second-order valence-corrected chi connectivity index (χ2v) is 7.11. The van der Waals surface area contributed by atoms with Crippen molar-refractivity contribution >= 4 is 5.82 Å². The van der Waals surface area contributed by atoms with E-state index >= 15 is 0 Å². The molecule has 1 aliphatic heterocycles. The molecular weight excluding hydrogens is 260 g/mol. The molecule has 0 radical (unpaired) electrons. The van der Waals surface area contributed by atoms with Crippen molar-refractivity contribution in [2.75, 3.05) is 44.2 Å². The third-order valence-electron chi connectivity index (χ3n) is 3.94. The Morgan fingerprint density at radius 2 is 1.90 bits per heavy atom. The third kappa shape index (κ3) is 5.29. The lowest BCUT2D eigenvalue weighted by Crippen LogP contribution is -2.46. The molecule has 4 heteroatoms. The van der Waals surface area contributed by atoms with Crippen molar-refractivity contribution in [3.8, 4) is 0 Å². The maximum Gasteiger partial charge on any atom is 0.128 e. The quantitative estimate of drug-likeness (QED) is 0.902. The molecular formula is C17H30N4. The number of nitrogens with one attached hydrogen (secondary N) is 1. The summed E-state index contributed by atoms with van der Waals surface area (Å²) in [5.74, 6) is 1.13. The lowest BCUT2D eigenvalue weighted by Gasteiger charge is -2.34.